The smallest absolute Gasteiger partial charge is 0.298 e. The molecule has 3 rings (SSSR count). The summed E-state index contributed by atoms with van der Waals surface area (Å²) in [7, 11) is 0. The lowest BCUT2D eigenvalue weighted by Gasteiger charge is -2.31. The van der Waals surface area contributed by atoms with Crippen LogP contribution in [0.25, 0.3) is 11.1 Å². The lowest BCUT2D eigenvalue weighted by molar-refractivity contribution is -0.182. The van der Waals surface area contributed by atoms with Crippen molar-refractivity contribution >= 4 is 6.29 Å². The molecule has 1 fully saturated rings. The van der Waals surface area contributed by atoms with Gasteiger partial charge in [-0.2, -0.15) is 13.2 Å². The molecule has 4 heteroatoms. The average molecular weight is 346 g/mol. The summed E-state index contributed by atoms with van der Waals surface area (Å²) < 4.78 is 38.8. The maximum absolute atomic E-state index is 12.9. The van der Waals surface area contributed by atoms with Crippen LogP contribution in [0.5, 0.6) is 0 Å². The summed E-state index contributed by atoms with van der Waals surface area (Å²) in [5.41, 5.74) is 4.59. The lowest BCUT2D eigenvalue weighted by Crippen LogP contribution is -2.27. The largest absolute Gasteiger partial charge is 0.391 e. The van der Waals surface area contributed by atoms with Crippen molar-refractivity contribution in [3.63, 3.8) is 0 Å². The number of hydrogen-bond acceptors (Lipinski definition) is 1. The average Bonchev–Trinajstić information content (AvgIpc) is 2.61. The van der Waals surface area contributed by atoms with Crippen molar-refractivity contribution in [2.75, 3.05) is 0 Å². The molecule has 0 saturated heterocycles. The van der Waals surface area contributed by atoms with Gasteiger partial charge in [-0.05, 0) is 60.8 Å². The molecule has 0 atom stereocenters. The number of hydrogen-bond donors (Lipinski definition) is 0. The Bertz CT molecular complexity index is 756. The minimum Gasteiger partial charge on any atom is -0.298 e. The summed E-state index contributed by atoms with van der Waals surface area (Å²) in [5, 5.41) is 0. The number of alkyl halides is 3. The molecule has 0 bridgehead atoms. The van der Waals surface area contributed by atoms with Crippen LogP contribution in [0.2, 0.25) is 0 Å². The second-order valence-corrected chi connectivity index (χ2v) is 6.83. The molecule has 1 saturated carbocycles. The zero-order chi connectivity index (χ0) is 18.0. The summed E-state index contributed by atoms with van der Waals surface area (Å²) in [6, 6.07) is 13.3. The molecule has 1 aliphatic rings. The summed E-state index contributed by atoms with van der Waals surface area (Å²) in [5.74, 6) is -1.08. The van der Waals surface area contributed by atoms with Gasteiger partial charge in [0.1, 0.15) is 0 Å². The maximum Gasteiger partial charge on any atom is 0.391 e. The zero-order valence-corrected chi connectivity index (χ0v) is 14.1. The van der Waals surface area contributed by atoms with E-state index in [2.05, 4.69) is 0 Å². The van der Waals surface area contributed by atoms with Crippen molar-refractivity contribution < 1.29 is 18.0 Å². The van der Waals surface area contributed by atoms with E-state index in [0.717, 1.165) is 28.5 Å². The maximum atomic E-state index is 12.9. The number of aryl methyl sites for hydroxylation is 1. The second-order valence-electron chi connectivity index (χ2n) is 6.83. The minimum absolute atomic E-state index is 0.105. The van der Waals surface area contributed by atoms with Crippen molar-refractivity contribution in [1.82, 2.24) is 0 Å². The Hall–Kier alpha value is -2.10. The Kier molecular flexibility index (Phi) is 4.98. The molecule has 1 nitrogen and oxygen atoms in total. The van der Waals surface area contributed by atoms with Gasteiger partial charge in [-0.3, -0.25) is 4.79 Å². The first-order valence-electron chi connectivity index (χ1n) is 8.62. The molecule has 0 aromatic heterocycles. The van der Waals surface area contributed by atoms with Crippen molar-refractivity contribution in [3.8, 4) is 11.1 Å². The van der Waals surface area contributed by atoms with Crippen LogP contribution in [0.4, 0.5) is 13.2 Å². The SMILES string of the molecule is Cc1cccc(C2CCC(C(F)(F)F)CC2)c1-c1ccccc1C=O. The van der Waals surface area contributed by atoms with Gasteiger partial charge in [0.2, 0.25) is 0 Å². The Morgan fingerprint density at radius 3 is 2.28 bits per heavy atom. The van der Waals surface area contributed by atoms with Gasteiger partial charge in [0.05, 0.1) is 5.92 Å². The third kappa shape index (κ3) is 3.63. The first-order valence-corrected chi connectivity index (χ1v) is 8.62. The van der Waals surface area contributed by atoms with Crippen molar-refractivity contribution in [2.45, 2.75) is 44.7 Å². The van der Waals surface area contributed by atoms with Gasteiger partial charge in [-0.15, -0.1) is 0 Å². The predicted octanol–water partition coefficient (Wildman–Crippen LogP) is 6.31. The van der Waals surface area contributed by atoms with Crippen LogP contribution >= 0.6 is 0 Å². The first kappa shape index (κ1) is 17.7. The normalized spacial score (nSPS) is 21.1. The lowest BCUT2D eigenvalue weighted by atomic mass is 9.75. The van der Waals surface area contributed by atoms with Crippen LogP contribution in [-0.4, -0.2) is 12.5 Å². The Labute approximate surface area is 145 Å². The molecular weight excluding hydrogens is 325 g/mol. The van der Waals surface area contributed by atoms with Gasteiger partial charge in [-0.25, -0.2) is 0 Å². The van der Waals surface area contributed by atoms with Gasteiger partial charge < -0.3 is 0 Å². The van der Waals surface area contributed by atoms with Crippen LogP contribution in [-0.2, 0) is 0 Å². The number of halogens is 3. The molecule has 0 heterocycles. The zero-order valence-electron chi connectivity index (χ0n) is 14.1. The third-order valence-electron chi connectivity index (χ3n) is 5.29. The molecule has 0 spiro atoms. The molecule has 132 valence electrons. The predicted molar refractivity (Wildman–Crippen MR) is 92.8 cm³/mol. The summed E-state index contributed by atoms with van der Waals surface area (Å²) in [6.45, 7) is 1.99. The molecule has 0 unspecified atom stereocenters. The fraction of sp³-hybridized carbons (Fsp3) is 0.381. The molecule has 2 aromatic carbocycles. The van der Waals surface area contributed by atoms with Gasteiger partial charge in [0.15, 0.2) is 6.29 Å². The van der Waals surface area contributed by atoms with Crippen molar-refractivity contribution in [3.05, 3.63) is 59.2 Å². The Balaban J connectivity index is 1.97. The number of rotatable bonds is 3. The van der Waals surface area contributed by atoms with Gasteiger partial charge in [0, 0.05) is 5.56 Å². The van der Waals surface area contributed by atoms with Crippen LogP contribution in [0, 0.1) is 12.8 Å². The molecule has 2 aromatic rings. The standard InChI is InChI=1S/C21H21F3O/c1-14-5-4-8-18(15-9-11-17(12-10-15)21(22,23)24)20(14)19-7-3-2-6-16(19)13-25/h2-8,13,15,17H,9-12H2,1H3. The molecule has 25 heavy (non-hydrogen) atoms. The van der Waals surface area contributed by atoms with E-state index in [1.54, 1.807) is 6.07 Å². The summed E-state index contributed by atoms with van der Waals surface area (Å²) >= 11 is 0. The highest BCUT2D eigenvalue weighted by atomic mass is 19.4. The first-order chi connectivity index (χ1) is 11.9. The number of carbonyl (C=O) groups is 1. The summed E-state index contributed by atoms with van der Waals surface area (Å²) in [6.07, 6.45) is -1.84. The van der Waals surface area contributed by atoms with E-state index in [4.69, 9.17) is 0 Å². The second kappa shape index (κ2) is 7.03. The molecular formula is C21H21F3O. The molecule has 0 N–H and O–H groups in total. The minimum atomic E-state index is -4.09. The van der Waals surface area contributed by atoms with Crippen LogP contribution < -0.4 is 0 Å². The Morgan fingerprint density at radius 1 is 0.960 bits per heavy atom. The van der Waals surface area contributed by atoms with Crippen molar-refractivity contribution in [2.24, 2.45) is 5.92 Å². The van der Waals surface area contributed by atoms with Crippen LogP contribution in [0.3, 0.4) is 0 Å². The fourth-order valence-electron chi connectivity index (χ4n) is 3.96. The summed E-state index contributed by atoms with van der Waals surface area (Å²) in [4.78, 5) is 11.4. The molecule has 0 amide bonds. The number of aldehydes is 1. The highest BCUT2D eigenvalue weighted by molar-refractivity contribution is 5.89. The van der Waals surface area contributed by atoms with E-state index >= 15 is 0 Å². The van der Waals surface area contributed by atoms with E-state index in [0.29, 0.717) is 18.4 Å². The van der Waals surface area contributed by atoms with E-state index in [1.807, 2.05) is 43.3 Å². The number of carbonyl (C=O) groups excluding carboxylic acids is 1. The molecule has 1 aliphatic carbocycles. The number of benzene rings is 2. The highest BCUT2D eigenvalue weighted by Gasteiger charge is 2.41. The molecule has 0 radical (unpaired) electrons. The third-order valence-corrected chi connectivity index (χ3v) is 5.29. The highest BCUT2D eigenvalue weighted by Crippen LogP contribution is 2.45. The van der Waals surface area contributed by atoms with Gasteiger partial charge in [-0.1, -0.05) is 42.5 Å². The van der Waals surface area contributed by atoms with Crippen molar-refractivity contribution in [1.29, 1.82) is 0 Å². The van der Waals surface area contributed by atoms with Gasteiger partial charge in [0.25, 0.3) is 0 Å². The quantitative estimate of drug-likeness (QED) is 0.595. The topological polar surface area (TPSA) is 17.1 Å². The van der Waals surface area contributed by atoms with E-state index in [-0.39, 0.29) is 18.8 Å². The molecule has 0 aliphatic heterocycles. The van der Waals surface area contributed by atoms with E-state index < -0.39 is 12.1 Å². The van der Waals surface area contributed by atoms with Crippen LogP contribution in [0.15, 0.2) is 42.5 Å². The van der Waals surface area contributed by atoms with Gasteiger partial charge >= 0.3 is 6.18 Å². The Morgan fingerprint density at radius 2 is 1.64 bits per heavy atom. The van der Waals surface area contributed by atoms with E-state index in [1.165, 1.54) is 0 Å². The monoisotopic (exact) mass is 346 g/mol. The van der Waals surface area contributed by atoms with Crippen LogP contribution in [0.1, 0.15) is 53.1 Å². The fourth-order valence-corrected chi connectivity index (χ4v) is 3.96. The van der Waals surface area contributed by atoms with E-state index in [9.17, 15) is 18.0 Å².